The highest BCUT2D eigenvalue weighted by molar-refractivity contribution is 7.89. The molecule has 1 aromatic carbocycles. The Morgan fingerprint density at radius 3 is 2.26 bits per heavy atom. The molecular weight excluding hydrogens is 432 g/mol. The van der Waals surface area contributed by atoms with E-state index in [2.05, 4.69) is 10.4 Å². The summed E-state index contributed by atoms with van der Waals surface area (Å²) >= 11 is 0. The summed E-state index contributed by atoms with van der Waals surface area (Å²) in [6.45, 7) is 0.817. The Labute approximate surface area is 177 Å². The first-order chi connectivity index (χ1) is 14.7. The molecule has 13 nitrogen and oxygen atoms in total. The largest absolute Gasteiger partial charge is 0.354 e. The van der Waals surface area contributed by atoms with Crippen LogP contribution < -0.4 is 5.32 Å². The van der Waals surface area contributed by atoms with Crippen molar-refractivity contribution in [3.05, 3.63) is 56.9 Å². The standard InChI is InChI=1S/C17H20N6O7S/c24-17(18-7-10-20-12-15(11-19-20)23(27)28)13-5-8-21(9-6-13)31(29,30)16-3-1-14(2-4-16)22(25)26/h1-4,11-13H,5-10H2,(H,18,24). The lowest BCUT2D eigenvalue weighted by molar-refractivity contribution is -0.385. The molecule has 0 radical (unpaired) electrons. The lowest BCUT2D eigenvalue weighted by Gasteiger charge is -2.30. The van der Waals surface area contributed by atoms with Gasteiger partial charge in [0.05, 0.1) is 21.3 Å². The number of carbonyl (C=O) groups excluding carboxylic acids is 1. The molecule has 0 aliphatic carbocycles. The van der Waals surface area contributed by atoms with Crippen LogP contribution in [0.15, 0.2) is 41.6 Å². The van der Waals surface area contributed by atoms with Gasteiger partial charge in [0.2, 0.25) is 15.9 Å². The first-order valence-corrected chi connectivity index (χ1v) is 10.8. The third-order valence-electron chi connectivity index (χ3n) is 4.98. The highest BCUT2D eigenvalue weighted by Gasteiger charge is 2.32. The van der Waals surface area contributed by atoms with Gasteiger partial charge in [-0.25, -0.2) is 8.42 Å². The number of carbonyl (C=O) groups is 1. The molecule has 31 heavy (non-hydrogen) atoms. The molecule has 1 aliphatic rings. The van der Waals surface area contributed by atoms with E-state index in [0.29, 0.717) is 12.8 Å². The van der Waals surface area contributed by atoms with Gasteiger partial charge in [0.25, 0.3) is 5.69 Å². The molecule has 1 amide bonds. The minimum Gasteiger partial charge on any atom is -0.354 e. The average Bonchev–Trinajstić information content (AvgIpc) is 3.23. The van der Waals surface area contributed by atoms with Crippen LogP contribution in [-0.2, 0) is 21.4 Å². The smallest absolute Gasteiger partial charge is 0.306 e. The minimum atomic E-state index is -3.80. The molecule has 0 saturated carbocycles. The van der Waals surface area contributed by atoms with Gasteiger partial charge in [0.1, 0.15) is 12.4 Å². The molecule has 0 atom stereocenters. The van der Waals surface area contributed by atoms with E-state index in [0.717, 1.165) is 18.3 Å². The number of nitrogens with one attached hydrogen (secondary N) is 1. The second-order valence-electron chi connectivity index (χ2n) is 6.94. The van der Waals surface area contributed by atoms with Gasteiger partial charge < -0.3 is 5.32 Å². The highest BCUT2D eigenvalue weighted by atomic mass is 32.2. The van der Waals surface area contributed by atoms with E-state index < -0.39 is 19.9 Å². The van der Waals surface area contributed by atoms with Crippen LogP contribution in [0, 0.1) is 26.1 Å². The van der Waals surface area contributed by atoms with E-state index in [-0.39, 0.29) is 54.3 Å². The van der Waals surface area contributed by atoms with Crippen molar-refractivity contribution in [3.63, 3.8) is 0 Å². The molecule has 14 heteroatoms. The van der Waals surface area contributed by atoms with E-state index in [1.807, 2.05) is 0 Å². The molecule has 0 spiro atoms. The van der Waals surface area contributed by atoms with Crippen molar-refractivity contribution in [1.82, 2.24) is 19.4 Å². The number of piperidine rings is 1. The Bertz CT molecular complexity index is 1070. The minimum absolute atomic E-state index is 0.0330. The second-order valence-corrected chi connectivity index (χ2v) is 8.88. The lowest BCUT2D eigenvalue weighted by Crippen LogP contribution is -2.43. The maximum atomic E-state index is 12.7. The van der Waals surface area contributed by atoms with Gasteiger partial charge in [0, 0.05) is 37.7 Å². The van der Waals surface area contributed by atoms with Crippen LogP contribution in [0.1, 0.15) is 12.8 Å². The first kappa shape index (κ1) is 22.3. The summed E-state index contributed by atoms with van der Waals surface area (Å²) < 4.78 is 28.1. The van der Waals surface area contributed by atoms with Crippen molar-refractivity contribution in [1.29, 1.82) is 0 Å². The number of benzene rings is 1. The van der Waals surface area contributed by atoms with E-state index in [1.54, 1.807) is 0 Å². The van der Waals surface area contributed by atoms with Crippen LogP contribution in [0.4, 0.5) is 11.4 Å². The van der Waals surface area contributed by atoms with E-state index >= 15 is 0 Å². The number of nitro benzene ring substituents is 1. The molecular formula is C17H20N6O7S. The fourth-order valence-electron chi connectivity index (χ4n) is 3.25. The van der Waals surface area contributed by atoms with Crippen LogP contribution in [0.25, 0.3) is 0 Å². The number of nitro groups is 2. The SMILES string of the molecule is O=C(NCCn1cc([N+](=O)[O-])cn1)C1CCN(S(=O)(=O)c2ccc([N+](=O)[O-])cc2)CC1. The third kappa shape index (κ3) is 5.21. The van der Waals surface area contributed by atoms with Crippen LogP contribution in [-0.4, -0.2) is 57.9 Å². The molecule has 1 N–H and O–H groups in total. The van der Waals surface area contributed by atoms with Crippen LogP contribution in [0.2, 0.25) is 0 Å². The number of aromatic nitrogens is 2. The lowest BCUT2D eigenvalue weighted by atomic mass is 9.97. The fraction of sp³-hybridized carbons (Fsp3) is 0.412. The van der Waals surface area contributed by atoms with Crippen LogP contribution >= 0.6 is 0 Å². The van der Waals surface area contributed by atoms with Gasteiger partial charge in [-0.3, -0.25) is 29.7 Å². The topological polar surface area (TPSA) is 171 Å². The number of amides is 1. The third-order valence-corrected chi connectivity index (χ3v) is 6.89. The molecule has 0 bridgehead atoms. The second kappa shape index (κ2) is 9.18. The highest BCUT2D eigenvalue weighted by Crippen LogP contribution is 2.25. The number of hydrogen-bond donors (Lipinski definition) is 1. The van der Waals surface area contributed by atoms with Crippen molar-refractivity contribution in [2.24, 2.45) is 5.92 Å². The number of non-ortho nitro benzene ring substituents is 1. The van der Waals surface area contributed by atoms with Crippen molar-refractivity contribution in [2.75, 3.05) is 19.6 Å². The molecule has 2 heterocycles. The van der Waals surface area contributed by atoms with Crippen LogP contribution in [0.3, 0.4) is 0 Å². The zero-order valence-electron chi connectivity index (χ0n) is 16.3. The Balaban J connectivity index is 1.49. The van der Waals surface area contributed by atoms with Crippen molar-refractivity contribution in [3.8, 4) is 0 Å². The molecule has 0 unspecified atom stereocenters. The monoisotopic (exact) mass is 452 g/mol. The van der Waals surface area contributed by atoms with Gasteiger partial charge in [0.15, 0.2) is 0 Å². The Morgan fingerprint density at radius 2 is 1.71 bits per heavy atom. The molecule has 166 valence electrons. The van der Waals surface area contributed by atoms with Crippen molar-refractivity contribution in [2.45, 2.75) is 24.3 Å². The molecule has 3 rings (SSSR count). The van der Waals surface area contributed by atoms with Gasteiger partial charge in [-0.1, -0.05) is 0 Å². The maximum absolute atomic E-state index is 12.7. The summed E-state index contributed by atoms with van der Waals surface area (Å²) in [4.78, 5) is 32.5. The zero-order chi connectivity index (χ0) is 22.6. The molecule has 1 aromatic heterocycles. The van der Waals surface area contributed by atoms with Gasteiger partial charge >= 0.3 is 5.69 Å². The summed E-state index contributed by atoms with van der Waals surface area (Å²) in [5.41, 5.74) is -0.327. The quantitative estimate of drug-likeness (QED) is 0.455. The van der Waals surface area contributed by atoms with E-state index in [9.17, 15) is 33.4 Å². The van der Waals surface area contributed by atoms with Crippen molar-refractivity contribution < 1.29 is 23.1 Å². The van der Waals surface area contributed by atoms with Crippen LogP contribution in [0.5, 0.6) is 0 Å². The Morgan fingerprint density at radius 1 is 1.10 bits per heavy atom. The molecule has 1 aliphatic heterocycles. The zero-order valence-corrected chi connectivity index (χ0v) is 17.1. The van der Waals surface area contributed by atoms with E-state index in [1.165, 1.54) is 27.3 Å². The van der Waals surface area contributed by atoms with Gasteiger partial charge in [-0.05, 0) is 25.0 Å². The number of sulfonamides is 1. The predicted octanol–water partition coefficient (Wildman–Crippen LogP) is 0.917. The van der Waals surface area contributed by atoms with Crippen molar-refractivity contribution >= 4 is 27.3 Å². The van der Waals surface area contributed by atoms with Gasteiger partial charge in [-0.15, -0.1) is 0 Å². The maximum Gasteiger partial charge on any atom is 0.306 e. The fourth-order valence-corrected chi connectivity index (χ4v) is 4.72. The average molecular weight is 452 g/mol. The Hall–Kier alpha value is -3.39. The number of hydrogen-bond acceptors (Lipinski definition) is 8. The number of nitrogens with zero attached hydrogens (tertiary/aromatic N) is 5. The summed E-state index contributed by atoms with van der Waals surface area (Å²) in [6, 6.07) is 4.68. The molecule has 2 aromatic rings. The van der Waals surface area contributed by atoms with Gasteiger partial charge in [-0.2, -0.15) is 9.40 Å². The first-order valence-electron chi connectivity index (χ1n) is 9.37. The van der Waals surface area contributed by atoms with E-state index in [4.69, 9.17) is 0 Å². The molecule has 1 saturated heterocycles. The summed E-state index contributed by atoms with van der Waals surface area (Å²) in [7, 11) is -3.80. The molecule has 1 fully saturated rings. The normalized spacial score (nSPS) is 15.5. The predicted molar refractivity (Wildman–Crippen MR) is 106 cm³/mol. The summed E-state index contributed by atoms with van der Waals surface area (Å²) in [5, 5.41) is 27.9. The number of rotatable bonds is 8. The summed E-state index contributed by atoms with van der Waals surface area (Å²) in [5.74, 6) is -0.565. The Kier molecular flexibility index (Phi) is 6.60. The summed E-state index contributed by atoms with van der Waals surface area (Å²) in [6.07, 6.45) is 3.08.